The average molecular weight is 427 g/mol. The number of carbonyl (C=O) groups is 1. The molecule has 0 saturated carbocycles. The van der Waals surface area contributed by atoms with E-state index in [1.807, 2.05) is 18.2 Å². The average Bonchev–Trinajstić information content (AvgIpc) is 2.58. The number of halogens is 2. The second kappa shape index (κ2) is 9.44. The number of rotatable bonds is 7. The minimum absolute atomic E-state index is 0.218. The number of hydrogen-bond acceptors (Lipinski definition) is 5. The molecule has 0 aliphatic heterocycles. The van der Waals surface area contributed by atoms with Gasteiger partial charge >= 0.3 is 5.97 Å². The van der Waals surface area contributed by atoms with Gasteiger partial charge in [0, 0.05) is 21.3 Å². The Kier molecular flexibility index (Phi) is 7.28. The van der Waals surface area contributed by atoms with Crippen LogP contribution in [0.5, 0.6) is 11.5 Å². The maximum absolute atomic E-state index is 11.6. The Bertz CT molecular complexity index is 780. The van der Waals surface area contributed by atoms with Crippen molar-refractivity contribution >= 4 is 45.4 Å². The predicted molar refractivity (Wildman–Crippen MR) is 102 cm³/mol. The molecule has 0 fully saturated rings. The normalized spacial score (nSPS) is 10.7. The largest absolute Gasteiger partial charge is 0.493 e. The van der Waals surface area contributed by atoms with Gasteiger partial charge in [0.15, 0.2) is 18.1 Å². The summed E-state index contributed by atoms with van der Waals surface area (Å²) in [4.78, 5) is 16.0. The first-order valence-electron chi connectivity index (χ1n) is 7.49. The van der Waals surface area contributed by atoms with Gasteiger partial charge in [0.1, 0.15) is 0 Å². The lowest BCUT2D eigenvalue weighted by Gasteiger charge is -2.13. The summed E-state index contributed by atoms with van der Waals surface area (Å²) in [5.74, 6) is 0.431. The summed E-state index contributed by atoms with van der Waals surface area (Å²) in [7, 11) is 1.52. The van der Waals surface area contributed by atoms with Gasteiger partial charge in [0.25, 0.3) is 0 Å². The van der Waals surface area contributed by atoms with Gasteiger partial charge in [0.2, 0.25) is 0 Å². The second-order valence-corrected chi connectivity index (χ2v) is 6.21. The van der Waals surface area contributed by atoms with Gasteiger partial charge in [-0.15, -0.1) is 0 Å². The molecule has 2 rings (SSSR count). The highest BCUT2D eigenvalue weighted by Gasteiger charge is 2.14. The molecule has 0 bridgehead atoms. The van der Waals surface area contributed by atoms with Crippen molar-refractivity contribution in [1.29, 1.82) is 0 Å². The van der Waals surface area contributed by atoms with Crippen molar-refractivity contribution in [2.75, 3.05) is 20.3 Å². The van der Waals surface area contributed by atoms with Crippen molar-refractivity contribution < 1.29 is 19.0 Å². The maximum Gasteiger partial charge on any atom is 0.344 e. The molecule has 0 amide bonds. The summed E-state index contributed by atoms with van der Waals surface area (Å²) in [6, 6.07) is 10.7. The Morgan fingerprint density at radius 2 is 2.12 bits per heavy atom. The molecule has 5 nitrogen and oxygen atoms in total. The molecule has 2 aromatic carbocycles. The van der Waals surface area contributed by atoms with Crippen LogP contribution in [0.1, 0.15) is 12.5 Å². The number of aliphatic imine (C=N–C) groups is 1. The standard InChI is InChI=1S/C18H17BrClNO4/c1-3-24-17(22)11-25-18-12(7-13(19)8-16(18)23-2)10-21-15-6-4-5-14(20)9-15/h4-10H,3,11H2,1-2H3/b21-10-. The smallest absolute Gasteiger partial charge is 0.344 e. The van der Waals surface area contributed by atoms with Crippen molar-refractivity contribution in [3.05, 3.63) is 51.5 Å². The first-order valence-corrected chi connectivity index (χ1v) is 8.66. The molecule has 0 saturated heterocycles. The molecular weight excluding hydrogens is 410 g/mol. The summed E-state index contributed by atoms with van der Waals surface area (Å²) in [6.07, 6.45) is 1.62. The summed E-state index contributed by atoms with van der Waals surface area (Å²) < 4.78 is 16.6. The minimum atomic E-state index is -0.454. The van der Waals surface area contributed by atoms with E-state index in [-0.39, 0.29) is 6.61 Å². The Labute approximate surface area is 159 Å². The van der Waals surface area contributed by atoms with Gasteiger partial charge in [-0.3, -0.25) is 4.99 Å². The van der Waals surface area contributed by atoms with Crippen LogP contribution in [0.25, 0.3) is 0 Å². The van der Waals surface area contributed by atoms with Crippen LogP contribution in [0, 0.1) is 0 Å². The van der Waals surface area contributed by atoms with E-state index in [0.29, 0.717) is 34.4 Å². The van der Waals surface area contributed by atoms with Gasteiger partial charge in [-0.2, -0.15) is 0 Å². The van der Waals surface area contributed by atoms with E-state index in [0.717, 1.165) is 4.47 Å². The molecule has 0 spiro atoms. The van der Waals surface area contributed by atoms with Crippen LogP contribution in [-0.2, 0) is 9.53 Å². The number of methoxy groups -OCH3 is 1. The number of benzene rings is 2. The van der Waals surface area contributed by atoms with Gasteiger partial charge in [-0.25, -0.2) is 4.79 Å². The number of hydrogen-bond donors (Lipinski definition) is 0. The van der Waals surface area contributed by atoms with Crippen molar-refractivity contribution in [2.45, 2.75) is 6.92 Å². The van der Waals surface area contributed by atoms with Crippen LogP contribution >= 0.6 is 27.5 Å². The molecule has 2 aromatic rings. The van der Waals surface area contributed by atoms with Crippen molar-refractivity contribution in [3.8, 4) is 11.5 Å². The van der Waals surface area contributed by atoms with E-state index in [1.54, 1.807) is 31.3 Å². The number of nitrogens with zero attached hydrogens (tertiary/aromatic N) is 1. The highest BCUT2D eigenvalue weighted by molar-refractivity contribution is 9.10. The van der Waals surface area contributed by atoms with E-state index in [2.05, 4.69) is 20.9 Å². The number of ether oxygens (including phenoxy) is 3. The van der Waals surface area contributed by atoms with Crippen LogP contribution in [-0.4, -0.2) is 32.5 Å². The Morgan fingerprint density at radius 1 is 1.32 bits per heavy atom. The van der Waals surface area contributed by atoms with Crippen molar-refractivity contribution in [3.63, 3.8) is 0 Å². The van der Waals surface area contributed by atoms with Crippen LogP contribution in [0.15, 0.2) is 45.9 Å². The van der Waals surface area contributed by atoms with Crippen LogP contribution in [0.2, 0.25) is 5.02 Å². The fourth-order valence-electron chi connectivity index (χ4n) is 2.03. The van der Waals surface area contributed by atoms with Crippen LogP contribution in [0.4, 0.5) is 5.69 Å². The zero-order valence-corrected chi connectivity index (χ0v) is 16.1. The third-order valence-electron chi connectivity index (χ3n) is 3.07. The molecule has 25 heavy (non-hydrogen) atoms. The maximum atomic E-state index is 11.6. The highest BCUT2D eigenvalue weighted by atomic mass is 79.9. The molecule has 0 aliphatic rings. The highest BCUT2D eigenvalue weighted by Crippen LogP contribution is 2.34. The molecule has 0 atom stereocenters. The van der Waals surface area contributed by atoms with E-state index >= 15 is 0 Å². The van der Waals surface area contributed by atoms with Crippen molar-refractivity contribution in [1.82, 2.24) is 0 Å². The lowest BCUT2D eigenvalue weighted by molar-refractivity contribution is -0.145. The monoisotopic (exact) mass is 425 g/mol. The summed E-state index contributed by atoms with van der Waals surface area (Å²) in [5.41, 5.74) is 1.35. The van der Waals surface area contributed by atoms with Crippen molar-refractivity contribution in [2.24, 2.45) is 4.99 Å². The van der Waals surface area contributed by atoms with Gasteiger partial charge in [-0.05, 0) is 37.3 Å². The molecule has 0 N–H and O–H groups in total. The summed E-state index contributed by atoms with van der Waals surface area (Å²) in [5, 5.41) is 0.597. The second-order valence-electron chi connectivity index (χ2n) is 4.86. The van der Waals surface area contributed by atoms with E-state index < -0.39 is 5.97 Å². The third kappa shape index (κ3) is 5.76. The van der Waals surface area contributed by atoms with Crippen LogP contribution in [0.3, 0.4) is 0 Å². The predicted octanol–water partition coefficient (Wildman–Crippen LogP) is 4.80. The first-order chi connectivity index (χ1) is 12.0. The molecule has 0 aliphatic carbocycles. The van der Waals surface area contributed by atoms with Gasteiger partial charge in [-0.1, -0.05) is 33.6 Å². The SMILES string of the molecule is CCOC(=O)COc1c(/C=N\c2cccc(Cl)c2)cc(Br)cc1OC. The zero-order valence-electron chi connectivity index (χ0n) is 13.8. The number of carbonyl (C=O) groups excluding carboxylic acids is 1. The zero-order chi connectivity index (χ0) is 18.2. The molecule has 0 unspecified atom stereocenters. The molecular formula is C18H17BrClNO4. The Balaban J connectivity index is 2.31. The minimum Gasteiger partial charge on any atom is -0.493 e. The molecule has 7 heteroatoms. The molecule has 0 heterocycles. The van der Waals surface area contributed by atoms with E-state index in [1.165, 1.54) is 7.11 Å². The lowest BCUT2D eigenvalue weighted by Crippen LogP contribution is -2.15. The first kappa shape index (κ1) is 19.3. The van der Waals surface area contributed by atoms with Gasteiger partial charge < -0.3 is 14.2 Å². The fraction of sp³-hybridized carbons (Fsp3) is 0.222. The third-order valence-corrected chi connectivity index (χ3v) is 3.76. The quantitative estimate of drug-likeness (QED) is 0.471. The Hall–Kier alpha value is -2.05. The van der Waals surface area contributed by atoms with E-state index in [9.17, 15) is 4.79 Å². The lowest BCUT2D eigenvalue weighted by atomic mass is 10.2. The van der Waals surface area contributed by atoms with Crippen LogP contribution < -0.4 is 9.47 Å². The molecule has 0 radical (unpaired) electrons. The fourth-order valence-corrected chi connectivity index (χ4v) is 2.66. The summed E-state index contributed by atoms with van der Waals surface area (Å²) in [6.45, 7) is 1.81. The molecule has 132 valence electrons. The van der Waals surface area contributed by atoms with E-state index in [4.69, 9.17) is 25.8 Å². The summed E-state index contributed by atoms with van der Waals surface area (Å²) >= 11 is 9.39. The Morgan fingerprint density at radius 3 is 2.80 bits per heavy atom. The number of esters is 1. The molecule has 0 aromatic heterocycles. The topological polar surface area (TPSA) is 57.1 Å². The van der Waals surface area contributed by atoms with Gasteiger partial charge in [0.05, 0.1) is 19.4 Å².